The lowest BCUT2D eigenvalue weighted by Crippen LogP contribution is -2.63. The van der Waals surface area contributed by atoms with Crippen LogP contribution in [-0.4, -0.2) is 59.2 Å². The average molecular weight is 204 g/mol. The fourth-order valence-electron chi connectivity index (χ4n) is 1.58. The van der Waals surface area contributed by atoms with Gasteiger partial charge < -0.3 is 20.6 Å². The molecular weight excluding hydrogens is 188 g/mol. The first kappa shape index (κ1) is 11.4. The number of aliphatic hydroxyl groups is 3. The average Bonchev–Trinajstić information content (AvgIpc) is 2.17. The highest BCUT2D eigenvalue weighted by atomic mass is 16.3. The van der Waals surface area contributed by atoms with Crippen LogP contribution in [-0.2, 0) is 4.79 Å². The molecular formula is C8H16N2O4. The SMILES string of the molecule is CNC(=O)C1NC(CO)C(O)CC1O. The predicted molar refractivity (Wildman–Crippen MR) is 48.5 cm³/mol. The number of hydrogen-bond donors (Lipinski definition) is 5. The number of carbonyl (C=O) groups is 1. The number of carbonyl (C=O) groups excluding carboxylic acids is 1. The molecule has 4 atom stereocenters. The summed E-state index contributed by atoms with van der Waals surface area (Å²) >= 11 is 0. The molecule has 6 heteroatoms. The van der Waals surface area contributed by atoms with Gasteiger partial charge in [-0.05, 0) is 0 Å². The van der Waals surface area contributed by atoms with Crippen molar-refractivity contribution in [3.8, 4) is 0 Å². The highest BCUT2D eigenvalue weighted by Crippen LogP contribution is 2.14. The first-order valence-corrected chi connectivity index (χ1v) is 4.54. The molecule has 0 bridgehead atoms. The maximum Gasteiger partial charge on any atom is 0.239 e. The summed E-state index contributed by atoms with van der Waals surface area (Å²) in [5.74, 6) is -0.345. The highest BCUT2D eigenvalue weighted by molar-refractivity contribution is 5.82. The van der Waals surface area contributed by atoms with Crippen molar-refractivity contribution in [2.45, 2.75) is 30.7 Å². The summed E-state index contributed by atoms with van der Waals surface area (Å²) in [5, 5.41) is 32.9. The molecule has 14 heavy (non-hydrogen) atoms. The minimum Gasteiger partial charge on any atom is -0.395 e. The summed E-state index contributed by atoms with van der Waals surface area (Å²) in [5.41, 5.74) is 0. The Morgan fingerprint density at radius 1 is 1.50 bits per heavy atom. The molecule has 1 saturated heterocycles. The van der Waals surface area contributed by atoms with E-state index in [4.69, 9.17) is 5.11 Å². The van der Waals surface area contributed by atoms with E-state index < -0.39 is 24.3 Å². The summed E-state index contributed by atoms with van der Waals surface area (Å²) in [6, 6.07) is -1.32. The Morgan fingerprint density at radius 2 is 2.14 bits per heavy atom. The molecule has 1 amide bonds. The lowest BCUT2D eigenvalue weighted by atomic mass is 9.93. The summed E-state index contributed by atoms with van der Waals surface area (Å²) in [6.07, 6.45) is -1.65. The van der Waals surface area contributed by atoms with Crippen LogP contribution >= 0.6 is 0 Å². The third-order valence-corrected chi connectivity index (χ3v) is 2.45. The molecule has 0 aromatic carbocycles. The van der Waals surface area contributed by atoms with Gasteiger partial charge in [0.25, 0.3) is 0 Å². The Labute approximate surface area is 81.9 Å². The fraction of sp³-hybridized carbons (Fsp3) is 0.875. The first-order valence-electron chi connectivity index (χ1n) is 4.54. The minimum absolute atomic E-state index is 0.0936. The second kappa shape index (κ2) is 4.70. The van der Waals surface area contributed by atoms with Crippen LogP contribution in [0.3, 0.4) is 0 Å². The van der Waals surface area contributed by atoms with Gasteiger partial charge in [-0.15, -0.1) is 0 Å². The molecule has 0 spiro atoms. The Hall–Kier alpha value is -0.690. The van der Waals surface area contributed by atoms with E-state index in [1.54, 1.807) is 0 Å². The Morgan fingerprint density at radius 3 is 2.64 bits per heavy atom. The van der Waals surface area contributed by atoms with Gasteiger partial charge in [-0.3, -0.25) is 10.1 Å². The summed E-state index contributed by atoms with van der Waals surface area (Å²) in [6.45, 7) is -0.263. The normalized spacial score (nSPS) is 38.0. The van der Waals surface area contributed by atoms with Gasteiger partial charge >= 0.3 is 0 Å². The van der Waals surface area contributed by atoms with Crippen molar-refractivity contribution in [1.29, 1.82) is 0 Å². The molecule has 0 aromatic rings. The van der Waals surface area contributed by atoms with Gasteiger partial charge in [-0.25, -0.2) is 0 Å². The monoisotopic (exact) mass is 204 g/mol. The molecule has 0 aromatic heterocycles. The molecule has 1 heterocycles. The molecule has 0 saturated carbocycles. The molecule has 5 N–H and O–H groups in total. The van der Waals surface area contributed by atoms with Crippen molar-refractivity contribution in [3.63, 3.8) is 0 Å². The molecule has 1 rings (SSSR count). The molecule has 6 nitrogen and oxygen atoms in total. The minimum atomic E-state index is -0.923. The molecule has 1 fully saturated rings. The zero-order chi connectivity index (χ0) is 10.7. The number of piperidine rings is 1. The maximum atomic E-state index is 11.2. The first-order chi connectivity index (χ1) is 6.60. The standard InChI is InChI=1S/C8H16N2O4/c1-9-8(14)7-6(13)2-5(12)4(3-11)10-7/h4-7,10-13H,2-3H2,1H3,(H,9,14). The van der Waals surface area contributed by atoms with E-state index in [0.29, 0.717) is 0 Å². The second-order valence-corrected chi connectivity index (χ2v) is 3.42. The van der Waals surface area contributed by atoms with E-state index in [0.717, 1.165) is 0 Å². The van der Waals surface area contributed by atoms with Crippen molar-refractivity contribution in [2.24, 2.45) is 0 Å². The van der Waals surface area contributed by atoms with Crippen molar-refractivity contribution >= 4 is 5.91 Å². The zero-order valence-corrected chi connectivity index (χ0v) is 7.97. The number of hydrogen-bond acceptors (Lipinski definition) is 5. The molecule has 1 aliphatic heterocycles. The van der Waals surface area contributed by atoms with Crippen LogP contribution in [0.1, 0.15) is 6.42 Å². The third-order valence-electron chi connectivity index (χ3n) is 2.45. The van der Waals surface area contributed by atoms with Gasteiger partial charge in [0, 0.05) is 13.5 Å². The molecule has 4 unspecified atom stereocenters. The highest BCUT2D eigenvalue weighted by Gasteiger charge is 2.37. The van der Waals surface area contributed by atoms with Gasteiger partial charge in [0.1, 0.15) is 6.04 Å². The van der Waals surface area contributed by atoms with Crippen LogP contribution in [0.5, 0.6) is 0 Å². The second-order valence-electron chi connectivity index (χ2n) is 3.42. The lowest BCUT2D eigenvalue weighted by Gasteiger charge is -2.36. The quantitative estimate of drug-likeness (QED) is 0.334. The summed E-state index contributed by atoms with van der Waals surface area (Å²) in [4.78, 5) is 11.2. The van der Waals surface area contributed by atoms with E-state index in [1.807, 2.05) is 0 Å². The number of aliphatic hydroxyl groups excluding tert-OH is 3. The van der Waals surface area contributed by atoms with E-state index in [9.17, 15) is 15.0 Å². The van der Waals surface area contributed by atoms with Crippen molar-refractivity contribution < 1.29 is 20.1 Å². The van der Waals surface area contributed by atoms with E-state index >= 15 is 0 Å². The zero-order valence-electron chi connectivity index (χ0n) is 7.97. The largest absolute Gasteiger partial charge is 0.395 e. The fourth-order valence-corrected chi connectivity index (χ4v) is 1.58. The van der Waals surface area contributed by atoms with Crippen LogP contribution in [0.25, 0.3) is 0 Å². The van der Waals surface area contributed by atoms with Gasteiger partial charge in [-0.2, -0.15) is 0 Å². The van der Waals surface area contributed by atoms with E-state index in [-0.39, 0.29) is 18.9 Å². The van der Waals surface area contributed by atoms with E-state index in [1.165, 1.54) is 7.05 Å². The maximum absolute atomic E-state index is 11.2. The van der Waals surface area contributed by atoms with Crippen molar-refractivity contribution in [3.05, 3.63) is 0 Å². The van der Waals surface area contributed by atoms with Crippen LogP contribution in [0.15, 0.2) is 0 Å². The Bertz CT molecular complexity index is 212. The summed E-state index contributed by atoms with van der Waals surface area (Å²) < 4.78 is 0. The van der Waals surface area contributed by atoms with Crippen molar-refractivity contribution in [1.82, 2.24) is 10.6 Å². The number of nitrogens with one attached hydrogen (secondary N) is 2. The van der Waals surface area contributed by atoms with Crippen LogP contribution in [0.2, 0.25) is 0 Å². The number of rotatable bonds is 2. The molecule has 1 aliphatic rings. The van der Waals surface area contributed by atoms with Crippen LogP contribution < -0.4 is 10.6 Å². The summed E-state index contributed by atoms with van der Waals surface area (Å²) in [7, 11) is 1.47. The van der Waals surface area contributed by atoms with Crippen LogP contribution in [0.4, 0.5) is 0 Å². The molecule has 0 aliphatic carbocycles. The van der Waals surface area contributed by atoms with Crippen LogP contribution in [0, 0.1) is 0 Å². The predicted octanol–water partition coefficient (Wildman–Crippen LogP) is -2.82. The van der Waals surface area contributed by atoms with Gasteiger partial charge in [-0.1, -0.05) is 0 Å². The van der Waals surface area contributed by atoms with Crippen molar-refractivity contribution in [2.75, 3.05) is 13.7 Å². The van der Waals surface area contributed by atoms with E-state index in [2.05, 4.69) is 10.6 Å². The van der Waals surface area contributed by atoms with Gasteiger partial charge in [0.15, 0.2) is 0 Å². The van der Waals surface area contributed by atoms with Gasteiger partial charge in [0.05, 0.1) is 24.9 Å². The number of amides is 1. The molecule has 0 radical (unpaired) electrons. The third kappa shape index (κ3) is 2.21. The number of likely N-dealkylation sites (N-methyl/N-ethyl adjacent to an activating group) is 1. The lowest BCUT2D eigenvalue weighted by molar-refractivity contribution is -0.129. The smallest absolute Gasteiger partial charge is 0.239 e. The topological polar surface area (TPSA) is 102 Å². The Balaban J connectivity index is 2.64. The Kier molecular flexibility index (Phi) is 3.82. The molecule has 82 valence electrons. The van der Waals surface area contributed by atoms with Gasteiger partial charge in [0.2, 0.25) is 5.91 Å².